The van der Waals surface area contributed by atoms with Crippen LogP contribution >= 0.6 is 0 Å². The molecule has 0 aromatic heterocycles. The summed E-state index contributed by atoms with van der Waals surface area (Å²) >= 11 is 0. The number of hydrogen-bond acceptors (Lipinski definition) is 2. The molecule has 0 aromatic carbocycles. The number of nitriles is 1. The molecule has 0 unspecified atom stereocenters. The molecular weight excluding hydrogens is 166 g/mol. The Morgan fingerprint density at radius 1 is 1.69 bits per heavy atom. The Kier molecular flexibility index (Phi) is 3.07. The van der Waals surface area contributed by atoms with E-state index in [4.69, 9.17) is 10.4 Å². The van der Waals surface area contributed by atoms with E-state index in [1.54, 1.807) is 6.07 Å². The summed E-state index contributed by atoms with van der Waals surface area (Å²) in [5.74, 6) is -0.557. The maximum absolute atomic E-state index is 10.7. The van der Waals surface area contributed by atoms with Crippen LogP contribution in [0, 0.1) is 17.2 Å². The molecule has 3 heteroatoms. The van der Waals surface area contributed by atoms with Gasteiger partial charge in [-0.3, -0.25) is 0 Å². The molecule has 0 aliphatic heterocycles. The van der Waals surface area contributed by atoms with Crippen molar-refractivity contribution >= 4 is 5.97 Å². The number of aliphatic carboxylic acids is 1. The third-order valence-electron chi connectivity index (χ3n) is 2.45. The normalized spacial score (nSPS) is 26.3. The van der Waals surface area contributed by atoms with Crippen molar-refractivity contribution in [2.75, 3.05) is 0 Å². The first-order valence-corrected chi connectivity index (χ1v) is 4.50. The number of carbonyl (C=O) groups is 1. The standard InChI is InChI=1S/C10H13NO2/c1-7-3-2-4-8(5-7)9(6-11)10(12)13/h7H,2-5H2,1H3,(H,12,13)/t7-/m1/s1. The van der Waals surface area contributed by atoms with Gasteiger partial charge in [0.2, 0.25) is 0 Å². The van der Waals surface area contributed by atoms with Crippen molar-refractivity contribution in [3.05, 3.63) is 11.1 Å². The molecule has 0 radical (unpaired) electrons. The van der Waals surface area contributed by atoms with Crippen LogP contribution in [0.15, 0.2) is 11.1 Å². The summed E-state index contributed by atoms with van der Waals surface area (Å²) in [5, 5.41) is 17.4. The zero-order chi connectivity index (χ0) is 9.84. The van der Waals surface area contributed by atoms with Gasteiger partial charge >= 0.3 is 5.97 Å². The van der Waals surface area contributed by atoms with Gasteiger partial charge in [-0.25, -0.2) is 4.79 Å². The lowest BCUT2D eigenvalue weighted by Crippen LogP contribution is -2.10. The number of hydrogen-bond donors (Lipinski definition) is 1. The molecule has 0 heterocycles. The topological polar surface area (TPSA) is 61.1 Å². The summed E-state index contributed by atoms with van der Waals surface area (Å²) < 4.78 is 0. The van der Waals surface area contributed by atoms with Gasteiger partial charge < -0.3 is 5.11 Å². The Morgan fingerprint density at radius 2 is 2.38 bits per heavy atom. The second kappa shape index (κ2) is 4.08. The van der Waals surface area contributed by atoms with Crippen LogP contribution in [0.4, 0.5) is 0 Å². The highest BCUT2D eigenvalue weighted by atomic mass is 16.4. The second-order valence-corrected chi connectivity index (χ2v) is 3.60. The van der Waals surface area contributed by atoms with Gasteiger partial charge in [0.25, 0.3) is 0 Å². The monoisotopic (exact) mass is 179 g/mol. The van der Waals surface area contributed by atoms with E-state index in [0.717, 1.165) is 31.3 Å². The fraction of sp³-hybridized carbons (Fsp3) is 0.600. The van der Waals surface area contributed by atoms with Crippen LogP contribution in [0.3, 0.4) is 0 Å². The van der Waals surface area contributed by atoms with Crippen LogP contribution in [0.5, 0.6) is 0 Å². The molecule has 0 aromatic rings. The number of carboxylic acid groups (broad SMARTS) is 1. The summed E-state index contributed by atoms with van der Waals surface area (Å²) in [6, 6.07) is 1.77. The summed E-state index contributed by atoms with van der Waals surface area (Å²) in [6.45, 7) is 2.09. The van der Waals surface area contributed by atoms with Crippen molar-refractivity contribution in [1.29, 1.82) is 5.26 Å². The Balaban J connectivity index is 2.88. The number of carboxylic acids is 1. The molecule has 0 saturated heterocycles. The third kappa shape index (κ3) is 2.32. The fourth-order valence-corrected chi connectivity index (χ4v) is 1.79. The molecule has 1 fully saturated rings. The Labute approximate surface area is 77.7 Å². The van der Waals surface area contributed by atoms with Crippen molar-refractivity contribution in [1.82, 2.24) is 0 Å². The molecule has 13 heavy (non-hydrogen) atoms. The number of rotatable bonds is 1. The first kappa shape index (κ1) is 9.79. The van der Waals surface area contributed by atoms with Gasteiger partial charge in [-0.1, -0.05) is 13.3 Å². The SMILES string of the molecule is C[C@@H]1CCCC(=C(C#N)C(=O)O)C1. The molecule has 1 aliphatic rings. The molecule has 1 rings (SSSR count). The zero-order valence-electron chi connectivity index (χ0n) is 7.71. The lowest BCUT2D eigenvalue weighted by Gasteiger charge is -2.20. The highest BCUT2D eigenvalue weighted by Gasteiger charge is 2.19. The minimum absolute atomic E-state index is 0.0356. The molecule has 1 saturated carbocycles. The Hall–Kier alpha value is -1.30. The average molecular weight is 179 g/mol. The predicted octanol–water partition coefficient (Wildman–Crippen LogP) is 2.10. The third-order valence-corrected chi connectivity index (χ3v) is 2.45. The van der Waals surface area contributed by atoms with E-state index in [1.165, 1.54) is 0 Å². The maximum Gasteiger partial charge on any atom is 0.346 e. The van der Waals surface area contributed by atoms with Crippen LogP contribution in [0.2, 0.25) is 0 Å². The Morgan fingerprint density at radius 3 is 2.85 bits per heavy atom. The van der Waals surface area contributed by atoms with Gasteiger partial charge in [-0.15, -0.1) is 0 Å². The van der Waals surface area contributed by atoms with Gasteiger partial charge in [-0.05, 0) is 30.8 Å². The first-order chi connectivity index (χ1) is 6.15. The molecule has 1 atom stereocenters. The predicted molar refractivity (Wildman–Crippen MR) is 47.9 cm³/mol. The molecule has 3 nitrogen and oxygen atoms in total. The van der Waals surface area contributed by atoms with Crippen LogP contribution in [0.25, 0.3) is 0 Å². The van der Waals surface area contributed by atoms with Gasteiger partial charge in [0.05, 0.1) is 0 Å². The number of nitrogens with zero attached hydrogens (tertiary/aromatic N) is 1. The highest BCUT2D eigenvalue weighted by Crippen LogP contribution is 2.29. The summed E-state index contributed by atoms with van der Waals surface area (Å²) in [5.41, 5.74) is 0.792. The van der Waals surface area contributed by atoms with Crippen LogP contribution < -0.4 is 0 Å². The number of allylic oxidation sites excluding steroid dienone is 1. The summed E-state index contributed by atoms with van der Waals surface area (Å²) in [4.78, 5) is 10.7. The van der Waals surface area contributed by atoms with Crippen molar-refractivity contribution in [3.8, 4) is 6.07 Å². The van der Waals surface area contributed by atoms with Gasteiger partial charge in [0.15, 0.2) is 0 Å². The highest BCUT2D eigenvalue weighted by molar-refractivity contribution is 5.92. The van der Waals surface area contributed by atoms with Gasteiger partial charge in [-0.2, -0.15) is 5.26 Å². The maximum atomic E-state index is 10.7. The van der Waals surface area contributed by atoms with Gasteiger partial charge in [0, 0.05) is 0 Å². The second-order valence-electron chi connectivity index (χ2n) is 3.60. The zero-order valence-corrected chi connectivity index (χ0v) is 7.71. The lowest BCUT2D eigenvalue weighted by molar-refractivity contribution is -0.132. The summed E-state index contributed by atoms with van der Waals surface area (Å²) in [7, 11) is 0. The molecule has 70 valence electrons. The molecule has 0 bridgehead atoms. The Bertz CT molecular complexity index is 286. The van der Waals surface area contributed by atoms with Crippen molar-refractivity contribution in [2.45, 2.75) is 32.6 Å². The molecule has 0 amide bonds. The van der Waals surface area contributed by atoms with E-state index < -0.39 is 5.97 Å². The smallest absolute Gasteiger partial charge is 0.346 e. The van der Waals surface area contributed by atoms with Crippen molar-refractivity contribution in [2.24, 2.45) is 5.92 Å². The van der Waals surface area contributed by atoms with E-state index in [0.29, 0.717) is 5.92 Å². The van der Waals surface area contributed by atoms with E-state index in [2.05, 4.69) is 6.92 Å². The van der Waals surface area contributed by atoms with E-state index >= 15 is 0 Å². The van der Waals surface area contributed by atoms with Crippen molar-refractivity contribution in [3.63, 3.8) is 0 Å². The van der Waals surface area contributed by atoms with Crippen molar-refractivity contribution < 1.29 is 9.90 Å². The molecule has 0 spiro atoms. The van der Waals surface area contributed by atoms with Crippen LogP contribution in [0.1, 0.15) is 32.6 Å². The minimum atomic E-state index is -1.08. The van der Waals surface area contributed by atoms with Gasteiger partial charge in [0.1, 0.15) is 11.6 Å². The molecular formula is C10H13NO2. The van der Waals surface area contributed by atoms with E-state index in [9.17, 15) is 4.79 Å². The fourth-order valence-electron chi connectivity index (χ4n) is 1.79. The quantitative estimate of drug-likeness (QED) is 0.495. The lowest BCUT2D eigenvalue weighted by atomic mass is 9.84. The average Bonchev–Trinajstić information content (AvgIpc) is 2.04. The van der Waals surface area contributed by atoms with Crippen LogP contribution in [-0.2, 0) is 4.79 Å². The minimum Gasteiger partial charge on any atom is -0.477 e. The molecule has 1 N–H and O–H groups in total. The van der Waals surface area contributed by atoms with E-state index in [1.807, 2.05) is 0 Å². The first-order valence-electron chi connectivity index (χ1n) is 4.50. The summed E-state index contributed by atoms with van der Waals surface area (Å²) in [6.07, 6.45) is 3.70. The largest absolute Gasteiger partial charge is 0.477 e. The van der Waals surface area contributed by atoms with Crippen LogP contribution in [-0.4, -0.2) is 11.1 Å². The molecule has 1 aliphatic carbocycles. The van der Waals surface area contributed by atoms with E-state index in [-0.39, 0.29) is 5.57 Å².